The van der Waals surface area contributed by atoms with Gasteiger partial charge in [0, 0.05) is 19.3 Å². The van der Waals surface area contributed by atoms with E-state index in [-0.39, 0.29) is 27.3 Å². The van der Waals surface area contributed by atoms with Crippen molar-refractivity contribution in [3.8, 4) is 11.7 Å². The Balaban J connectivity index is 1.73. The van der Waals surface area contributed by atoms with Gasteiger partial charge in [-0.25, -0.2) is 22.8 Å². The molecule has 0 saturated heterocycles. The van der Waals surface area contributed by atoms with E-state index in [1.165, 1.54) is 40.7 Å². The highest BCUT2D eigenvalue weighted by atomic mass is 35.5. The lowest BCUT2D eigenvalue weighted by Crippen LogP contribution is -2.31. The SMILES string of the molecule is Cc1c(S(=O)(=O)NC(=O)c2ccc(-n3ccc(OCCC(F)(F)F)n3)nc2Cl)cnn1C. The van der Waals surface area contributed by atoms with E-state index in [9.17, 15) is 26.4 Å². The van der Waals surface area contributed by atoms with Crippen LogP contribution in [0.25, 0.3) is 5.82 Å². The van der Waals surface area contributed by atoms with Gasteiger partial charge in [-0.2, -0.15) is 18.3 Å². The average molecular weight is 493 g/mol. The first-order valence-electron chi connectivity index (χ1n) is 8.85. The van der Waals surface area contributed by atoms with Crippen LogP contribution in [0.3, 0.4) is 0 Å². The number of hydrogen-bond acceptors (Lipinski definition) is 7. The predicted octanol–water partition coefficient (Wildman–Crippen LogP) is 2.41. The Morgan fingerprint density at radius 3 is 2.59 bits per heavy atom. The lowest BCUT2D eigenvalue weighted by molar-refractivity contribution is -0.139. The molecule has 0 fully saturated rings. The molecule has 15 heteroatoms. The number of hydrogen-bond donors (Lipinski definition) is 1. The van der Waals surface area contributed by atoms with Crippen molar-refractivity contribution in [1.82, 2.24) is 29.3 Å². The zero-order valence-electron chi connectivity index (χ0n) is 16.6. The van der Waals surface area contributed by atoms with Crippen LogP contribution in [0.2, 0.25) is 5.15 Å². The van der Waals surface area contributed by atoms with E-state index in [2.05, 4.69) is 15.2 Å². The second-order valence-electron chi connectivity index (χ2n) is 6.47. The molecule has 1 N–H and O–H groups in total. The van der Waals surface area contributed by atoms with Crippen molar-refractivity contribution in [2.75, 3.05) is 6.61 Å². The first-order chi connectivity index (χ1) is 14.9. The van der Waals surface area contributed by atoms with Crippen molar-refractivity contribution in [2.45, 2.75) is 24.4 Å². The zero-order valence-corrected chi connectivity index (χ0v) is 18.2. The summed E-state index contributed by atoms with van der Waals surface area (Å²) in [4.78, 5) is 16.3. The summed E-state index contributed by atoms with van der Waals surface area (Å²) < 4.78 is 70.8. The molecule has 0 aromatic carbocycles. The number of rotatable bonds is 7. The molecule has 0 unspecified atom stereocenters. The molecule has 3 aromatic heterocycles. The molecule has 10 nitrogen and oxygen atoms in total. The van der Waals surface area contributed by atoms with Crippen LogP contribution in [0, 0.1) is 6.92 Å². The Labute approximate surface area is 185 Å². The third-order valence-corrected chi connectivity index (χ3v) is 5.94. The molecule has 0 atom stereocenters. The van der Waals surface area contributed by atoms with Crippen LogP contribution in [-0.2, 0) is 17.1 Å². The Hall–Kier alpha value is -3.13. The number of carbonyl (C=O) groups excluding carboxylic acids is 1. The molecule has 1 amide bonds. The van der Waals surface area contributed by atoms with Crippen LogP contribution in [-0.4, -0.2) is 51.7 Å². The quantitative estimate of drug-likeness (QED) is 0.503. The van der Waals surface area contributed by atoms with Crippen molar-refractivity contribution in [1.29, 1.82) is 0 Å². The summed E-state index contributed by atoms with van der Waals surface area (Å²) in [7, 11) is -2.64. The van der Waals surface area contributed by atoms with Crippen molar-refractivity contribution in [3.05, 3.63) is 47.0 Å². The number of nitrogens with one attached hydrogen (secondary N) is 1. The van der Waals surface area contributed by atoms with E-state index in [1.54, 1.807) is 7.05 Å². The van der Waals surface area contributed by atoms with E-state index >= 15 is 0 Å². The number of carbonyl (C=O) groups is 1. The van der Waals surface area contributed by atoms with E-state index in [4.69, 9.17) is 16.3 Å². The number of aryl methyl sites for hydroxylation is 1. The maximum Gasteiger partial charge on any atom is 0.392 e. The van der Waals surface area contributed by atoms with Crippen molar-refractivity contribution in [2.24, 2.45) is 7.05 Å². The molecule has 172 valence electrons. The van der Waals surface area contributed by atoms with Gasteiger partial charge in [0.05, 0.1) is 30.5 Å². The summed E-state index contributed by atoms with van der Waals surface area (Å²) in [5.74, 6) is -0.941. The van der Waals surface area contributed by atoms with Crippen LogP contribution < -0.4 is 9.46 Å². The fraction of sp³-hybridized carbons (Fsp3) is 0.294. The Morgan fingerprint density at radius 1 is 1.28 bits per heavy atom. The summed E-state index contributed by atoms with van der Waals surface area (Å²) in [5.41, 5.74) is 0.117. The van der Waals surface area contributed by atoms with Crippen LogP contribution in [0.1, 0.15) is 22.5 Å². The van der Waals surface area contributed by atoms with Crippen molar-refractivity contribution in [3.63, 3.8) is 0 Å². The average Bonchev–Trinajstić information content (AvgIpc) is 3.27. The van der Waals surface area contributed by atoms with Crippen molar-refractivity contribution >= 4 is 27.5 Å². The number of ether oxygens (including phenoxy) is 1. The molecular formula is C17H16ClF3N6O4S. The van der Waals surface area contributed by atoms with Crippen LogP contribution in [0.4, 0.5) is 13.2 Å². The van der Waals surface area contributed by atoms with Gasteiger partial charge in [0.25, 0.3) is 15.9 Å². The van der Waals surface area contributed by atoms with E-state index in [0.717, 1.165) is 6.20 Å². The van der Waals surface area contributed by atoms with E-state index in [1.807, 2.05) is 4.72 Å². The topological polar surface area (TPSA) is 121 Å². The largest absolute Gasteiger partial charge is 0.476 e. The van der Waals surface area contributed by atoms with Gasteiger partial charge in [-0.3, -0.25) is 9.48 Å². The highest BCUT2D eigenvalue weighted by Gasteiger charge is 2.27. The van der Waals surface area contributed by atoms with Crippen molar-refractivity contribution < 1.29 is 31.1 Å². The molecule has 3 heterocycles. The predicted molar refractivity (Wildman–Crippen MR) is 105 cm³/mol. The summed E-state index contributed by atoms with van der Waals surface area (Å²) >= 11 is 6.04. The normalized spacial score (nSPS) is 12.1. The molecule has 0 radical (unpaired) electrons. The standard InChI is InChI=1S/C17H16ClF3N6O4S/c1-10-12(9-22-26(10)2)32(29,30)25-16(28)11-3-4-13(23-15(11)18)27-7-5-14(24-27)31-8-6-17(19,20)21/h3-5,7,9H,6,8H2,1-2H3,(H,25,28). The monoisotopic (exact) mass is 492 g/mol. The lowest BCUT2D eigenvalue weighted by atomic mass is 10.3. The molecule has 3 rings (SSSR count). The first-order valence-corrected chi connectivity index (χ1v) is 10.7. The highest BCUT2D eigenvalue weighted by Crippen LogP contribution is 2.21. The Bertz CT molecular complexity index is 1260. The first kappa shape index (κ1) is 23.5. The van der Waals surface area contributed by atoms with Gasteiger partial charge in [-0.1, -0.05) is 11.6 Å². The fourth-order valence-corrected chi connectivity index (χ4v) is 3.89. The van der Waals surface area contributed by atoms with Crippen LogP contribution in [0.15, 0.2) is 35.5 Å². The number of alkyl halides is 3. The van der Waals surface area contributed by atoms with Gasteiger partial charge in [0.15, 0.2) is 5.82 Å². The summed E-state index contributed by atoms with van der Waals surface area (Å²) in [6, 6.07) is 3.89. The number of halogens is 4. The van der Waals surface area contributed by atoms with E-state index in [0.29, 0.717) is 5.69 Å². The Morgan fingerprint density at radius 2 is 2.00 bits per heavy atom. The molecule has 0 aliphatic rings. The third kappa shape index (κ3) is 5.37. The van der Waals surface area contributed by atoms with Gasteiger partial charge in [-0.15, -0.1) is 5.10 Å². The smallest absolute Gasteiger partial charge is 0.392 e. The molecular weight excluding hydrogens is 477 g/mol. The molecule has 3 aromatic rings. The van der Waals surface area contributed by atoms with Gasteiger partial charge >= 0.3 is 6.18 Å². The second kappa shape index (κ2) is 8.78. The maximum atomic E-state index is 12.5. The summed E-state index contributed by atoms with van der Waals surface area (Å²) in [5, 5.41) is 7.45. The zero-order chi connectivity index (χ0) is 23.7. The number of pyridine rings is 1. The van der Waals surface area contributed by atoms with E-state index < -0.39 is 35.1 Å². The second-order valence-corrected chi connectivity index (χ2v) is 8.48. The minimum Gasteiger partial charge on any atom is -0.476 e. The molecule has 0 bridgehead atoms. The lowest BCUT2D eigenvalue weighted by Gasteiger charge is -2.09. The maximum absolute atomic E-state index is 12.5. The number of sulfonamides is 1. The minimum atomic E-state index is -4.35. The minimum absolute atomic E-state index is 0.0630. The number of aromatic nitrogens is 5. The van der Waals surface area contributed by atoms with Gasteiger partial charge < -0.3 is 4.74 Å². The Kier molecular flexibility index (Phi) is 6.46. The number of amides is 1. The van der Waals surface area contributed by atoms with Gasteiger partial charge in [-0.05, 0) is 19.1 Å². The fourth-order valence-electron chi connectivity index (χ4n) is 2.48. The van der Waals surface area contributed by atoms with Gasteiger partial charge in [0.1, 0.15) is 10.0 Å². The summed E-state index contributed by atoms with van der Waals surface area (Å²) in [6.07, 6.45) is -3.00. The highest BCUT2D eigenvalue weighted by molar-refractivity contribution is 7.90. The molecule has 0 saturated carbocycles. The third-order valence-electron chi connectivity index (χ3n) is 4.22. The number of nitrogens with zero attached hydrogens (tertiary/aromatic N) is 5. The molecule has 0 aliphatic heterocycles. The summed E-state index contributed by atoms with van der Waals surface area (Å²) in [6.45, 7) is 0.930. The molecule has 32 heavy (non-hydrogen) atoms. The van der Waals surface area contributed by atoms with Crippen LogP contribution in [0.5, 0.6) is 5.88 Å². The van der Waals surface area contributed by atoms with Crippen LogP contribution >= 0.6 is 11.6 Å². The molecule has 0 aliphatic carbocycles. The van der Waals surface area contributed by atoms with Gasteiger partial charge in [0.2, 0.25) is 5.88 Å². The molecule has 0 spiro atoms.